The summed E-state index contributed by atoms with van der Waals surface area (Å²) < 4.78 is 1.23. The summed E-state index contributed by atoms with van der Waals surface area (Å²) in [4.78, 5) is 12.0. The summed E-state index contributed by atoms with van der Waals surface area (Å²) in [5, 5.41) is 7.62. The molecular formula is C17H22ClN3O. The molecule has 0 radical (unpaired) electrons. The Labute approximate surface area is 136 Å². The molecule has 0 fully saturated rings. The Morgan fingerprint density at radius 1 is 1.27 bits per heavy atom. The Hall–Kier alpha value is -1.81. The van der Waals surface area contributed by atoms with Gasteiger partial charge in [-0.2, -0.15) is 5.10 Å². The molecule has 0 amide bonds. The van der Waals surface area contributed by atoms with Crippen LogP contribution in [0.25, 0.3) is 0 Å². The topological polar surface area (TPSA) is 46.9 Å². The van der Waals surface area contributed by atoms with Crippen molar-refractivity contribution >= 4 is 17.3 Å². The molecule has 1 aromatic heterocycles. The second-order valence-electron chi connectivity index (χ2n) is 6.60. The second kappa shape index (κ2) is 6.13. The van der Waals surface area contributed by atoms with Gasteiger partial charge in [0.05, 0.1) is 17.9 Å². The van der Waals surface area contributed by atoms with E-state index in [1.54, 1.807) is 13.2 Å². The van der Waals surface area contributed by atoms with Crippen molar-refractivity contribution in [3.8, 4) is 0 Å². The number of halogens is 1. The van der Waals surface area contributed by atoms with Crippen molar-refractivity contribution in [1.82, 2.24) is 9.78 Å². The van der Waals surface area contributed by atoms with E-state index in [2.05, 4.69) is 50.2 Å². The predicted octanol–water partition coefficient (Wildman–Crippen LogP) is 3.94. The van der Waals surface area contributed by atoms with E-state index in [4.69, 9.17) is 11.6 Å². The van der Waals surface area contributed by atoms with Crippen LogP contribution in [0.3, 0.4) is 0 Å². The fraction of sp³-hybridized carbons (Fsp3) is 0.412. The van der Waals surface area contributed by atoms with Gasteiger partial charge in [-0.15, -0.1) is 0 Å². The molecule has 1 atom stereocenters. The third-order valence-electron chi connectivity index (χ3n) is 3.74. The smallest absolute Gasteiger partial charge is 0.287 e. The van der Waals surface area contributed by atoms with E-state index in [9.17, 15) is 4.79 Å². The maximum atomic E-state index is 12.0. The number of aromatic nitrogens is 2. The summed E-state index contributed by atoms with van der Waals surface area (Å²) in [6, 6.07) is 8.23. The summed E-state index contributed by atoms with van der Waals surface area (Å²) in [6.45, 7) is 8.54. The van der Waals surface area contributed by atoms with E-state index in [-0.39, 0.29) is 22.0 Å². The van der Waals surface area contributed by atoms with Crippen molar-refractivity contribution in [2.24, 2.45) is 12.5 Å². The van der Waals surface area contributed by atoms with Gasteiger partial charge in [0.15, 0.2) is 0 Å². The maximum absolute atomic E-state index is 12.0. The third kappa shape index (κ3) is 3.33. The molecule has 0 aliphatic heterocycles. The lowest BCUT2D eigenvalue weighted by Crippen LogP contribution is -2.28. The van der Waals surface area contributed by atoms with Crippen LogP contribution in [0.15, 0.2) is 35.3 Å². The highest BCUT2D eigenvalue weighted by Crippen LogP contribution is 2.37. The molecule has 0 bridgehead atoms. The molecule has 0 saturated heterocycles. The Morgan fingerprint density at radius 3 is 2.50 bits per heavy atom. The maximum Gasteiger partial charge on any atom is 0.287 e. The van der Waals surface area contributed by atoms with Gasteiger partial charge in [0.25, 0.3) is 5.56 Å². The lowest BCUT2D eigenvalue weighted by atomic mass is 9.80. The second-order valence-corrected chi connectivity index (χ2v) is 6.98. The average molecular weight is 320 g/mol. The fourth-order valence-electron chi connectivity index (χ4n) is 2.44. The number of benzene rings is 1. The van der Waals surface area contributed by atoms with Gasteiger partial charge in [-0.25, -0.2) is 4.68 Å². The zero-order chi connectivity index (χ0) is 16.5. The molecule has 0 saturated carbocycles. The number of nitrogens with zero attached hydrogens (tertiary/aromatic N) is 2. The molecule has 1 heterocycles. The molecule has 118 valence electrons. The van der Waals surface area contributed by atoms with Gasteiger partial charge in [-0.1, -0.05) is 56.6 Å². The fourth-order valence-corrected chi connectivity index (χ4v) is 2.66. The van der Waals surface area contributed by atoms with Crippen LogP contribution in [0, 0.1) is 12.3 Å². The van der Waals surface area contributed by atoms with Crippen LogP contribution >= 0.6 is 11.6 Å². The minimum Gasteiger partial charge on any atom is -0.375 e. The molecule has 0 aliphatic rings. The Balaban J connectivity index is 2.48. The molecule has 2 rings (SSSR count). The van der Waals surface area contributed by atoms with Crippen LogP contribution in [-0.4, -0.2) is 9.78 Å². The highest BCUT2D eigenvalue weighted by Gasteiger charge is 2.28. The van der Waals surface area contributed by atoms with Crippen LogP contribution in [0.2, 0.25) is 5.02 Å². The third-order valence-corrected chi connectivity index (χ3v) is 4.11. The molecule has 4 nitrogen and oxygen atoms in total. The van der Waals surface area contributed by atoms with Gasteiger partial charge in [-0.3, -0.25) is 4.79 Å². The lowest BCUT2D eigenvalue weighted by molar-refractivity contribution is 0.346. The highest BCUT2D eigenvalue weighted by molar-refractivity contribution is 6.32. The Kier molecular flexibility index (Phi) is 4.61. The van der Waals surface area contributed by atoms with E-state index >= 15 is 0 Å². The first-order valence-corrected chi connectivity index (χ1v) is 7.63. The van der Waals surface area contributed by atoms with Gasteiger partial charge in [0.1, 0.15) is 5.02 Å². The summed E-state index contributed by atoms with van der Waals surface area (Å²) in [5.41, 5.74) is 2.59. The van der Waals surface area contributed by atoms with Crippen molar-refractivity contribution in [1.29, 1.82) is 0 Å². The van der Waals surface area contributed by atoms with Crippen LogP contribution in [0.5, 0.6) is 0 Å². The van der Waals surface area contributed by atoms with Crippen LogP contribution in [-0.2, 0) is 7.05 Å². The zero-order valence-electron chi connectivity index (χ0n) is 13.6. The zero-order valence-corrected chi connectivity index (χ0v) is 14.4. The van der Waals surface area contributed by atoms with E-state index in [1.165, 1.54) is 15.8 Å². The highest BCUT2D eigenvalue weighted by atomic mass is 35.5. The number of anilines is 1. The number of hydrogen-bond donors (Lipinski definition) is 1. The average Bonchev–Trinajstić information content (AvgIpc) is 2.44. The minimum absolute atomic E-state index is 0.0140. The Bertz CT molecular complexity index is 731. The van der Waals surface area contributed by atoms with E-state index in [0.717, 1.165) is 0 Å². The van der Waals surface area contributed by atoms with Crippen LogP contribution < -0.4 is 10.9 Å². The molecule has 1 unspecified atom stereocenters. The number of rotatable bonds is 3. The normalized spacial score (nSPS) is 13.0. The van der Waals surface area contributed by atoms with Gasteiger partial charge in [0, 0.05) is 7.05 Å². The van der Waals surface area contributed by atoms with E-state index in [1.807, 2.05) is 12.1 Å². The van der Waals surface area contributed by atoms with Crippen LogP contribution in [0.1, 0.15) is 37.9 Å². The predicted molar refractivity (Wildman–Crippen MR) is 91.5 cm³/mol. The molecule has 2 aromatic rings. The van der Waals surface area contributed by atoms with Crippen molar-refractivity contribution in [3.05, 3.63) is 57.0 Å². The summed E-state index contributed by atoms with van der Waals surface area (Å²) in [6.07, 6.45) is 1.60. The van der Waals surface area contributed by atoms with E-state index < -0.39 is 0 Å². The summed E-state index contributed by atoms with van der Waals surface area (Å²) in [5.74, 6) is 0. The van der Waals surface area contributed by atoms with Crippen molar-refractivity contribution < 1.29 is 0 Å². The van der Waals surface area contributed by atoms with Gasteiger partial charge < -0.3 is 5.32 Å². The first-order chi connectivity index (χ1) is 10.2. The van der Waals surface area contributed by atoms with Crippen molar-refractivity contribution in [3.63, 3.8) is 0 Å². The molecular weight excluding hydrogens is 298 g/mol. The van der Waals surface area contributed by atoms with Gasteiger partial charge in [0.2, 0.25) is 0 Å². The number of hydrogen-bond acceptors (Lipinski definition) is 3. The van der Waals surface area contributed by atoms with Crippen molar-refractivity contribution in [2.45, 2.75) is 33.7 Å². The number of nitrogens with one attached hydrogen (secondary N) is 1. The standard InChI is InChI=1S/C17H22ClN3O/c1-11-8-6-7-9-12(11)15(17(2,3)4)20-13-10-19-21(5)16(22)14(13)18/h6-10,15,20H,1-5H3. The molecule has 22 heavy (non-hydrogen) atoms. The van der Waals surface area contributed by atoms with Gasteiger partial charge in [-0.05, 0) is 23.5 Å². The summed E-state index contributed by atoms with van der Waals surface area (Å²) in [7, 11) is 1.58. The molecule has 1 aromatic carbocycles. The largest absolute Gasteiger partial charge is 0.375 e. The summed E-state index contributed by atoms with van der Waals surface area (Å²) >= 11 is 6.18. The first kappa shape index (κ1) is 16.6. The minimum atomic E-state index is -0.302. The molecule has 5 heteroatoms. The molecule has 0 spiro atoms. The number of aryl methyl sites for hydroxylation is 2. The quantitative estimate of drug-likeness (QED) is 0.932. The Morgan fingerprint density at radius 2 is 1.91 bits per heavy atom. The van der Waals surface area contributed by atoms with Crippen LogP contribution in [0.4, 0.5) is 5.69 Å². The SMILES string of the molecule is Cc1ccccc1C(Nc1cnn(C)c(=O)c1Cl)C(C)(C)C. The monoisotopic (exact) mass is 319 g/mol. The van der Waals surface area contributed by atoms with Gasteiger partial charge >= 0.3 is 0 Å². The molecule has 0 aliphatic carbocycles. The van der Waals surface area contributed by atoms with E-state index in [0.29, 0.717) is 5.69 Å². The van der Waals surface area contributed by atoms with Crippen molar-refractivity contribution in [2.75, 3.05) is 5.32 Å². The molecule has 1 N–H and O–H groups in total. The lowest BCUT2D eigenvalue weighted by Gasteiger charge is -2.34. The first-order valence-electron chi connectivity index (χ1n) is 7.25.